The van der Waals surface area contributed by atoms with E-state index in [0.29, 0.717) is 11.4 Å². The predicted octanol–water partition coefficient (Wildman–Crippen LogP) is 4.45. The minimum atomic E-state index is 0.687. The van der Waals surface area contributed by atoms with E-state index in [0.717, 1.165) is 39.8 Å². The van der Waals surface area contributed by atoms with Gasteiger partial charge >= 0.3 is 0 Å². The molecule has 0 saturated carbocycles. The topological polar surface area (TPSA) is 58.9 Å². The molecule has 0 fully saturated rings. The largest absolute Gasteiger partial charge is 0.240 e. The zero-order valence-electron chi connectivity index (χ0n) is 13.7. The summed E-state index contributed by atoms with van der Waals surface area (Å²) in [5, 5.41) is 0. The van der Waals surface area contributed by atoms with Gasteiger partial charge in [-0.05, 0) is 67.5 Å². The van der Waals surface area contributed by atoms with Gasteiger partial charge in [-0.1, -0.05) is 24.3 Å². The van der Waals surface area contributed by atoms with E-state index in [1.54, 1.807) is 12.2 Å². The van der Waals surface area contributed by atoms with Crippen molar-refractivity contribution in [3.8, 4) is 0 Å². The average molecular weight is 306 g/mol. The Labute approximate surface area is 135 Å². The first-order valence-electron chi connectivity index (χ1n) is 7.32. The molecular weight excluding hydrogens is 288 g/mol. The summed E-state index contributed by atoms with van der Waals surface area (Å²) < 4.78 is 0. The molecule has 0 unspecified atom stereocenters. The molecule has 0 saturated heterocycles. The monoisotopic (exact) mass is 306 g/mol. The van der Waals surface area contributed by atoms with Crippen molar-refractivity contribution in [1.82, 2.24) is 0 Å². The Kier molecular flexibility index (Phi) is 5.02. The standard InChI is InChI=1S/C19H18N2O2/c1-12-5-16(6-13(2)18(12)20-10-22)9-17-7-14(3)19(21-11-23)15(4)8-17/h5-8H,9H2,1-4H3. The second-order valence-corrected chi connectivity index (χ2v) is 5.74. The molecule has 0 aliphatic carbocycles. The van der Waals surface area contributed by atoms with Gasteiger partial charge in [-0.15, -0.1) is 0 Å². The molecule has 0 amide bonds. The highest BCUT2D eigenvalue weighted by molar-refractivity contribution is 5.61. The van der Waals surface area contributed by atoms with Crippen LogP contribution in [0.2, 0.25) is 0 Å². The third kappa shape index (κ3) is 3.70. The van der Waals surface area contributed by atoms with Crippen molar-refractivity contribution in [2.24, 2.45) is 9.98 Å². The number of isocyanates is 2. The van der Waals surface area contributed by atoms with Crippen LogP contribution in [0.15, 0.2) is 34.3 Å². The fourth-order valence-corrected chi connectivity index (χ4v) is 2.97. The molecule has 0 aromatic heterocycles. The lowest BCUT2D eigenvalue weighted by molar-refractivity contribution is 0.564. The van der Waals surface area contributed by atoms with Crippen molar-refractivity contribution >= 4 is 23.5 Å². The van der Waals surface area contributed by atoms with Crippen molar-refractivity contribution in [2.75, 3.05) is 0 Å². The van der Waals surface area contributed by atoms with E-state index in [-0.39, 0.29) is 0 Å². The Morgan fingerprint density at radius 2 is 1.00 bits per heavy atom. The molecule has 0 aliphatic heterocycles. The van der Waals surface area contributed by atoms with Crippen LogP contribution in [-0.2, 0) is 16.0 Å². The van der Waals surface area contributed by atoms with Crippen molar-refractivity contribution in [3.63, 3.8) is 0 Å². The second kappa shape index (κ2) is 6.97. The molecule has 0 radical (unpaired) electrons. The average Bonchev–Trinajstić information content (AvgIpc) is 2.47. The molecular formula is C19H18N2O2. The SMILES string of the molecule is Cc1cc(Cc2cc(C)c(N=C=O)c(C)c2)cc(C)c1N=C=O. The maximum atomic E-state index is 10.5. The summed E-state index contributed by atoms with van der Waals surface area (Å²) in [6, 6.07) is 8.13. The Balaban J connectivity index is 2.40. The zero-order chi connectivity index (χ0) is 17.0. The van der Waals surface area contributed by atoms with Gasteiger partial charge in [0.05, 0.1) is 11.4 Å². The maximum absolute atomic E-state index is 10.5. The Bertz CT molecular complexity index is 738. The van der Waals surface area contributed by atoms with E-state index in [4.69, 9.17) is 0 Å². The van der Waals surface area contributed by atoms with E-state index in [2.05, 4.69) is 9.98 Å². The van der Waals surface area contributed by atoms with Crippen LogP contribution < -0.4 is 0 Å². The van der Waals surface area contributed by atoms with E-state index < -0.39 is 0 Å². The minimum absolute atomic E-state index is 0.687. The van der Waals surface area contributed by atoms with Crippen molar-refractivity contribution in [2.45, 2.75) is 34.1 Å². The number of rotatable bonds is 4. The molecule has 4 nitrogen and oxygen atoms in total. The van der Waals surface area contributed by atoms with Gasteiger partial charge in [0.2, 0.25) is 12.2 Å². The number of hydrogen-bond acceptors (Lipinski definition) is 4. The van der Waals surface area contributed by atoms with Gasteiger partial charge < -0.3 is 0 Å². The normalized spacial score (nSPS) is 9.91. The van der Waals surface area contributed by atoms with Gasteiger partial charge in [0, 0.05) is 0 Å². The molecule has 0 spiro atoms. The molecule has 2 aromatic carbocycles. The molecule has 0 heterocycles. The number of hydrogen-bond donors (Lipinski definition) is 0. The Morgan fingerprint density at radius 1 is 0.696 bits per heavy atom. The van der Waals surface area contributed by atoms with Crippen molar-refractivity contribution in [1.29, 1.82) is 0 Å². The summed E-state index contributed by atoms with van der Waals surface area (Å²) >= 11 is 0. The van der Waals surface area contributed by atoms with E-state index >= 15 is 0 Å². The van der Waals surface area contributed by atoms with Gasteiger partial charge in [0.1, 0.15) is 0 Å². The second-order valence-electron chi connectivity index (χ2n) is 5.74. The fourth-order valence-electron chi connectivity index (χ4n) is 2.97. The quantitative estimate of drug-likeness (QED) is 0.619. The molecule has 0 bridgehead atoms. The highest BCUT2D eigenvalue weighted by atomic mass is 16.1. The first kappa shape index (κ1) is 16.6. The van der Waals surface area contributed by atoms with Crippen LogP contribution in [0.25, 0.3) is 0 Å². The fraction of sp³-hybridized carbons (Fsp3) is 0.263. The lowest BCUT2D eigenvalue weighted by Crippen LogP contribution is -1.94. The van der Waals surface area contributed by atoms with Crippen LogP contribution in [0.1, 0.15) is 33.4 Å². The number of benzene rings is 2. The number of carbonyl (C=O) groups excluding carboxylic acids is 2. The summed E-state index contributed by atoms with van der Waals surface area (Å²) in [6.07, 6.45) is 3.97. The van der Waals surface area contributed by atoms with Crippen LogP contribution in [0.5, 0.6) is 0 Å². The lowest BCUT2D eigenvalue weighted by Gasteiger charge is -2.11. The third-order valence-corrected chi connectivity index (χ3v) is 3.82. The lowest BCUT2D eigenvalue weighted by atomic mass is 9.96. The zero-order valence-corrected chi connectivity index (χ0v) is 13.7. The molecule has 23 heavy (non-hydrogen) atoms. The van der Waals surface area contributed by atoms with Gasteiger partial charge in [-0.3, -0.25) is 0 Å². The summed E-state index contributed by atoms with van der Waals surface area (Å²) in [5.74, 6) is 0. The van der Waals surface area contributed by atoms with E-state index in [1.807, 2.05) is 52.0 Å². The molecule has 2 aromatic rings. The highest BCUT2D eigenvalue weighted by Crippen LogP contribution is 2.28. The summed E-state index contributed by atoms with van der Waals surface area (Å²) in [6.45, 7) is 7.74. The Morgan fingerprint density at radius 3 is 1.26 bits per heavy atom. The molecule has 0 atom stereocenters. The third-order valence-electron chi connectivity index (χ3n) is 3.82. The van der Waals surface area contributed by atoms with E-state index in [9.17, 15) is 9.59 Å². The number of aliphatic imine (C=N–C) groups is 2. The minimum Gasteiger partial charge on any atom is -0.211 e. The molecule has 4 heteroatoms. The van der Waals surface area contributed by atoms with Crippen LogP contribution in [-0.4, -0.2) is 12.2 Å². The first-order valence-corrected chi connectivity index (χ1v) is 7.32. The molecule has 0 N–H and O–H groups in total. The van der Waals surface area contributed by atoms with E-state index in [1.165, 1.54) is 0 Å². The van der Waals surface area contributed by atoms with Crippen molar-refractivity contribution < 1.29 is 9.59 Å². The summed E-state index contributed by atoms with van der Waals surface area (Å²) in [4.78, 5) is 28.5. The molecule has 2 rings (SSSR count). The van der Waals surface area contributed by atoms with Gasteiger partial charge in [-0.25, -0.2) is 9.59 Å². The number of nitrogens with zero attached hydrogens (tertiary/aromatic N) is 2. The van der Waals surface area contributed by atoms with Gasteiger partial charge in [0.25, 0.3) is 0 Å². The molecule has 0 aliphatic rings. The van der Waals surface area contributed by atoms with Gasteiger partial charge in [-0.2, -0.15) is 9.98 Å². The van der Waals surface area contributed by atoms with Crippen LogP contribution in [0.3, 0.4) is 0 Å². The Hall–Kier alpha value is -2.80. The first-order chi connectivity index (χ1) is 11.0. The smallest absolute Gasteiger partial charge is 0.211 e. The van der Waals surface area contributed by atoms with Crippen LogP contribution >= 0.6 is 0 Å². The van der Waals surface area contributed by atoms with Crippen LogP contribution in [0, 0.1) is 27.7 Å². The van der Waals surface area contributed by atoms with Crippen molar-refractivity contribution in [3.05, 3.63) is 57.6 Å². The number of aryl methyl sites for hydroxylation is 4. The highest BCUT2D eigenvalue weighted by Gasteiger charge is 2.08. The predicted molar refractivity (Wildman–Crippen MR) is 90.2 cm³/mol. The van der Waals surface area contributed by atoms with Crippen LogP contribution in [0.4, 0.5) is 11.4 Å². The maximum Gasteiger partial charge on any atom is 0.240 e. The summed E-state index contributed by atoms with van der Waals surface area (Å²) in [5.41, 5.74) is 7.50. The summed E-state index contributed by atoms with van der Waals surface area (Å²) in [7, 11) is 0. The molecule has 116 valence electrons. The van der Waals surface area contributed by atoms with Gasteiger partial charge in [0.15, 0.2) is 0 Å².